The Balaban J connectivity index is 1.86. The van der Waals surface area contributed by atoms with Gasteiger partial charge in [-0.25, -0.2) is 0 Å². The second-order valence-electron chi connectivity index (χ2n) is 5.29. The van der Waals surface area contributed by atoms with Crippen LogP contribution in [0.15, 0.2) is 18.2 Å². The van der Waals surface area contributed by atoms with Crippen LogP contribution in [0.1, 0.15) is 49.3 Å². The Morgan fingerprint density at radius 3 is 3.00 bits per heavy atom. The lowest BCUT2D eigenvalue weighted by molar-refractivity contribution is 0.101. The molecule has 1 saturated heterocycles. The number of rotatable bonds is 6. The van der Waals surface area contributed by atoms with Crippen molar-refractivity contribution in [3.05, 3.63) is 34.3 Å². The molecule has 1 fully saturated rings. The van der Waals surface area contributed by atoms with E-state index in [1.807, 2.05) is 19.1 Å². The van der Waals surface area contributed by atoms with E-state index >= 15 is 0 Å². The van der Waals surface area contributed by atoms with Gasteiger partial charge in [-0.3, -0.25) is 11.3 Å². The lowest BCUT2D eigenvalue weighted by Gasteiger charge is -2.18. The van der Waals surface area contributed by atoms with E-state index in [0.29, 0.717) is 6.10 Å². The van der Waals surface area contributed by atoms with E-state index < -0.39 is 0 Å². The van der Waals surface area contributed by atoms with E-state index in [9.17, 15) is 0 Å². The van der Waals surface area contributed by atoms with Crippen LogP contribution in [0.25, 0.3) is 0 Å². The predicted molar refractivity (Wildman–Crippen MR) is 79.1 cm³/mol. The number of nitrogens with one attached hydrogen (secondary N) is 1. The van der Waals surface area contributed by atoms with Gasteiger partial charge in [-0.05, 0) is 56.2 Å². The van der Waals surface area contributed by atoms with Crippen LogP contribution in [0.2, 0.25) is 5.02 Å². The van der Waals surface area contributed by atoms with Gasteiger partial charge in [0.25, 0.3) is 0 Å². The SMILES string of the molecule is Cc1cc(C(CCCC2CCCO2)NN)ccc1Cl. The zero-order valence-corrected chi connectivity index (χ0v) is 12.2. The summed E-state index contributed by atoms with van der Waals surface area (Å²) in [5.41, 5.74) is 5.21. The Kier molecular flexibility index (Phi) is 5.64. The first-order valence-corrected chi connectivity index (χ1v) is 7.42. The second kappa shape index (κ2) is 7.25. The van der Waals surface area contributed by atoms with Crippen molar-refractivity contribution >= 4 is 11.6 Å². The third kappa shape index (κ3) is 4.18. The van der Waals surface area contributed by atoms with Gasteiger partial charge >= 0.3 is 0 Å². The van der Waals surface area contributed by atoms with Crippen molar-refractivity contribution in [3.63, 3.8) is 0 Å². The molecule has 19 heavy (non-hydrogen) atoms. The Morgan fingerprint density at radius 2 is 2.37 bits per heavy atom. The summed E-state index contributed by atoms with van der Waals surface area (Å²) >= 11 is 6.05. The topological polar surface area (TPSA) is 47.3 Å². The minimum Gasteiger partial charge on any atom is -0.378 e. The molecular formula is C15H23ClN2O. The van der Waals surface area contributed by atoms with Crippen LogP contribution < -0.4 is 11.3 Å². The van der Waals surface area contributed by atoms with Crippen molar-refractivity contribution in [2.24, 2.45) is 5.84 Å². The molecule has 2 unspecified atom stereocenters. The van der Waals surface area contributed by atoms with Crippen molar-refractivity contribution in [1.82, 2.24) is 5.43 Å². The highest BCUT2D eigenvalue weighted by Crippen LogP contribution is 2.25. The van der Waals surface area contributed by atoms with Gasteiger partial charge in [0.1, 0.15) is 0 Å². The van der Waals surface area contributed by atoms with Crippen molar-refractivity contribution < 1.29 is 4.74 Å². The van der Waals surface area contributed by atoms with Crippen LogP contribution in [0.3, 0.4) is 0 Å². The molecule has 1 aliphatic rings. The Hall–Kier alpha value is -0.610. The zero-order chi connectivity index (χ0) is 13.7. The molecule has 3 nitrogen and oxygen atoms in total. The largest absolute Gasteiger partial charge is 0.378 e. The minimum atomic E-state index is 0.192. The highest BCUT2D eigenvalue weighted by molar-refractivity contribution is 6.31. The molecular weight excluding hydrogens is 260 g/mol. The molecule has 0 bridgehead atoms. The maximum atomic E-state index is 6.05. The van der Waals surface area contributed by atoms with Crippen molar-refractivity contribution in [1.29, 1.82) is 0 Å². The number of ether oxygens (including phenoxy) is 1. The molecule has 1 heterocycles. The summed E-state index contributed by atoms with van der Waals surface area (Å²) in [6.07, 6.45) is 6.16. The third-order valence-corrected chi connectivity index (χ3v) is 4.25. The highest BCUT2D eigenvalue weighted by Gasteiger charge is 2.16. The van der Waals surface area contributed by atoms with Crippen LogP contribution in [-0.2, 0) is 4.74 Å². The summed E-state index contributed by atoms with van der Waals surface area (Å²) in [6, 6.07) is 6.29. The van der Waals surface area contributed by atoms with E-state index in [2.05, 4.69) is 11.5 Å². The summed E-state index contributed by atoms with van der Waals surface area (Å²) in [5, 5.41) is 0.805. The Bertz CT molecular complexity index is 405. The molecule has 0 aromatic heterocycles. The van der Waals surface area contributed by atoms with Gasteiger partial charge in [-0.2, -0.15) is 0 Å². The number of hydrogen-bond donors (Lipinski definition) is 2. The highest BCUT2D eigenvalue weighted by atomic mass is 35.5. The van der Waals surface area contributed by atoms with E-state index in [-0.39, 0.29) is 6.04 Å². The molecule has 0 radical (unpaired) electrons. The Morgan fingerprint density at radius 1 is 1.53 bits per heavy atom. The van der Waals surface area contributed by atoms with Crippen LogP contribution in [0, 0.1) is 6.92 Å². The standard InChI is InChI=1S/C15H23ClN2O/c1-11-10-12(7-8-14(11)16)15(18-17)6-2-4-13-5-3-9-19-13/h7-8,10,13,15,18H,2-6,9,17H2,1H3. The molecule has 106 valence electrons. The monoisotopic (exact) mass is 282 g/mol. The summed E-state index contributed by atoms with van der Waals surface area (Å²) < 4.78 is 5.64. The van der Waals surface area contributed by atoms with Gasteiger partial charge in [0.15, 0.2) is 0 Å². The minimum absolute atomic E-state index is 0.192. The second-order valence-corrected chi connectivity index (χ2v) is 5.70. The molecule has 3 N–H and O–H groups in total. The molecule has 0 aliphatic carbocycles. The average Bonchev–Trinajstić information content (AvgIpc) is 2.91. The summed E-state index contributed by atoms with van der Waals surface area (Å²) in [5.74, 6) is 5.67. The maximum Gasteiger partial charge on any atom is 0.0576 e. The van der Waals surface area contributed by atoms with Gasteiger partial charge < -0.3 is 4.74 Å². The first-order chi connectivity index (χ1) is 9.20. The average molecular weight is 283 g/mol. The number of halogens is 1. The van der Waals surface area contributed by atoms with Crippen LogP contribution in [-0.4, -0.2) is 12.7 Å². The lowest BCUT2D eigenvalue weighted by atomic mass is 9.98. The quantitative estimate of drug-likeness (QED) is 0.620. The van der Waals surface area contributed by atoms with Gasteiger partial charge in [-0.1, -0.05) is 23.7 Å². The van der Waals surface area contributed by atoms with Crippen molar-refractivity contribution in [2.45, 2.75) is 51.2 Å². The zero-order valence-electron chi connectivity index (χ0n) is 11.5. The molecule has 1 aromatic carbocycles. The smallest absolute Gasteiger partial charge is 0.0576 e. The molecule has 0 saturated carbocycles. The summed E-state index contributed by atoms with van der Waals surface area (Å²) in [4.78, 5) is 0. The molecule has 2 rings (SSSR count). The lowest BCUT2D eigenvalue weighted by Crippen LogP contribution is -2.28. The van der Waals surface area contributed by atoms with E-state index in [1.165, 1.54) is 18.4 Å². The maximum absolute atomic E-state index is 6.05. The van der Waals surface area contributed by atoms with Crippen LogP contribution in [0.4, 0.5) is 0 Å². The molecule has 0 spiro atoms. The summed E-state index contributed by atoms with van der Waals surface area (Å²) in [7, 11) is 0. The number of benzene rings is 1. The number of aryl methyl sites for hydroxylation is 1. The molecule has 1 aliphatic heterocycles. The van der Waals surface area contributed by atoms with Crippen LogP contribution in [0.5, 0.6) is 0 Å². The number of nitrogens with two attached hydrogens (primary N) is 1. The predicted octanol–water partition coefficient (Wildman–Crippen LogP) is 3.50. The molecule has 1 aromatic rings. The number of hydrogen-bond acceptors (Lipinski definition) is 3. The third-order valence-electron chi connectivity index (χ3n) is 3.83. The normalized spacial score (nSPS) is 20.7. The van der Waals surface area contributed by atoms with Gasteiger partial charge in [-0.15, -0.1) is 0 Å². The van der Waals surface area contributed by atoms with E-state index in [4.69, 9.17) is 22.2 Å². The van der Waals surface area contributed by atoms with Crippen molar-refractivity contribution in [3.8, 4) is 0 Å². The first kappa shape index (κ1) is 14.8. The first-order valence-electron chi connectivity index (χ1n) is 7.04. The van der Waals surface area contributed by atoms with E-state index in [0.717, 1.165) is 36.5 Å². The van der Waals surface area contributed by atoms with Crippen molar-refractivity contribution in [2.75, 3.05) is 6.61 Å². The Labute approximate surface area is 120 Å². The number of hydrazine groups is 1. The van der Waals surface area contributed by atoms with Gasteiger partial charge in [0.05, 0.1) is 6.10 Å². The fourth-order valence-corrected chi connectivity index (χ4v) is 2.77. The van der Waals surface area contributed by atoms with Crippen LogP contribution >= 0.6 is 11.6 Å². The molecule has 2 atom stereocenters. The fraction of sp³-hybridized carbons (Fsp3) is 0.600. The van der Waals surface area contributed by atoms with Gasteiger partial charge in [0.2, 0.25) is 0 Å². The van der Waals surface area contributed by atoms with E-state index in [1.54, 1.807) is 0 Å². The summed E-state index contributed by atoms with van der Waals surface area (Å²) in [6.45, 7) is 2.95. The molecule has 0 amide bonds. The fourth-order valence-electron chi connectivity index (χ4n) is 2.65. The van der Waals surface area contributed by atoms with Gasteiger partial charge in [0, 0.05) is 17.7 Å². The molecule has 4 heteroatoms.